The lowest BCUT2D eigenvalue weighted by Crippen LogP contribution is -2.36. The zero-order chi connectivity index (χ0) is 11.4. The van der Waals surface area contributed by atoms with Gasteiger partial charge in [0.2, 0.25) is 0 Å². The maximum absolute atomic E-state index is 12.1. The van der Waals surface area contributed by atoms with Crippen molar-refractivity contribution < 1.29 is 9.53 Å². The number of nitrogens with one attached hydrogen (secondary N) is 1. The van der Waals surface area contributed by atoms with E-state index in [1.807, 2.05) is 24.3 Å². The summed E-state index contributed by atoms with van der Waals surface area (Å²) in [6.45, 7) is 4.26. The van der Waals surface area contributed by atoms with Gasteiger partial charge in [-0.3, -0.25) is 4.79 Å². The molecule has 3 heteroatoms. The van der Waals surface area contributed by atoms with Crippen LogP contribution in [0, 0.1) is 5.92 Å². The Balaban J connectivity index is 2.03. The Hall–Kier alpha value is -1.35. The SMILES string of the molecule is CCCNC[C@@H]1COc2ccccc2C1=O. The molecule has 0 unspecified atom stereocenters. The van der Waals surface area contributed by atoms with E-state index in [2.05, 4.69) is 12.2 Å². The monoisotopic (exact) mass is 219 g/mol. The fraction of sp³-hybridized carbons (Fsp3) is 0.462. The summed E-state index contributed by atoms with van der Waals surface area (Å²) in [5.41, 5.74) is 0.719. The second kappa shape index (κ2) is 5.12. The van der Waals surface area contributed by atoms with E-state index in [-0.39, 0.29) is 11.7 Å². The number of ketones is 1. The quantitative estimate of drug-likeness (QED) is 0.786. The van der Waals surface area contributed by atoms with E-state index >= 15 is 0 Å². The fourth-order valence-electron chi connectivity index (χ4n) is 1.89. The summed E-state index contributed by atoms with van der Waals surface area (Å²) in [6, 6.07) is 7.45. The minimum atomic E-state index is -0.0403. The Kier molecular flexibility index (Phi) is 3.57. The van der Waals surface area contributed by atoms with E-state index in [0.717, 1.165) is 24.3 Å². The summed E-state index contributed by atoms with van der Waals surface area (Å²) < 4.78 is 5.58. The Morgan fingerprint density at radius 2 is 2.25 bits per heavy atom. The van der Waals surface area contributed by atoms with Gasteiger partial charge in [0.25, 0.3) is 0 Å². The van der Waals surface area contributed by atoms with Crippen LogP contribution in [-0.4, -0.2) is 25.5 Å². The maximum Gasteiger partial charge on any atom is 0.174 e. The second-order valence-corrected chi connectivity index (χ2v) is 4.07. The van der Waals surface area contributed by atoms with Crippen LogP contribution in [0.2, 0.25) is 0 Å². The van der Waals surface area contributed by atoms with Gasteiger partial charge in [0.1, 0.15) is 5.75 Å². The topological polar surface area (TPSA) is 38.3 Å². The van der Waals surface area contributed by atoms with Crippen LogP contribution in [0.25, 0.3) is 0 Å². The van der Waals surface area contributed by atoms with Crippen molar-refractivity contribution in [3.05, 3.63) is 29.8 Å². The number of carbonyl (C=O) groups excluding carboxylic acids is 1. The van der Waals surface area contributed by atoms with Gasteiger partial charge in [-0.15, -0.1) is 0 Å². The summed E-state index contributed by atoms with van der Waals surface area (Å²) in [6.07, 6.45) is 1.08. The molecule has 1 heterocycles. The number of Topliss-reactive ketones (excluding diaryl/α,β-unsaturated/α-hetero) is 1. The largest absolute Gasteiger partial charge is 0.492 e. The Morgan fingerprint density at radius 1 is 1.44 bits per heavy atom. The van der Waals surface area contributed by atoms with Gasteiger partial charge in [0.15, 0.2) is 5.78 Å². The molecule has 1 aromatic carbocycles. The molecular formula is C13H17NO2. The number of para-hydroxylation sites is 1. The predicted molar refractivity (Wildman–Crippen MR) is 62.9 cm³/mol. The molecule has 16 heavy (non-hydrogen) atoms. The van der Waals surface area contributed by atoms with Crippen LogP contribution >= 0.6 is 0 Å². The number of hydrogen-bond donors (Lipinski definition) is 1. The van der Waals surface area contributed by atoms with Crippen molar-refractivity contribution in [2.75, 3.05) is 19.7 Å². The summed E-state index contributed by atoms with van der Waals surface area (Å²) in [4.78, 5) is 12.1. The van der Waals surface area contributed by atoms with Crippen molar-refractivity contribution in [1.29, 1.82) is 0 Å². The first-order valence-corrected chi connectivity index (χ1v) is 5.79. The Morgan fingerprint density at radius 3 is 3.06 bits per heavy atom. The van der Waals surface area contributed by atoms with Gasteiger partial charge in [-0.05, 0) is 25.1 Å². The van der Waals surface area contributed by atoms with E-state index < -0.39 is 0 Å². The molecular weight excluding hydrogens is 202 g/mol. The normalized spacial score (nSPS) is 19.1. The lowest BCUT2D eigenvalue weighted by atomic mass is 9.95. The van der Waals surface area contributed by atoms with E-state index in [9.17, 15) is 4.79 Å². The number of benzene rings is 1. The number of carbonyl (C=O) groups is 1. The van der Waals surface area contributed by atoms with E-state index in [1.165, 1.54) is 0 Å². The second-order valence-electron chi connectivity index (χ2n) is 4.07. The standard InChI is InChI=1S/C13H17NO2/c1-2-7-14-8-10-9-16-12-6-4-3-5-11(12)13(10)15/h3-6,10,14H,2,7-9H2,1H3/t10-/m1/s1. The van der Waals surface area contributed by atoms with Crippen LogP contribution in [0.4, 0.5) is 0 Å². The van der Waals surface area contributed by atoms with Gasteiger partial charge < -0.3 is 10.1 Å². The Bertz CT molecular complexity index is 376. The first-order chi connectivity index (χ1) is 7.83. The number of fused-ring (bicyclic) bond motifs is 1. The molecule has 0 aliphatic carbocycles. The minimum absolute atomic E-state index is 0.0403. The van der Waals surface area contributed by atoms with Crippen LogP contribution in [0.15, 0.2) is 24.3 Å². The molecule has 1 aliphatic heterocycles. The third-order valence-corrected chi connectivity index (χ3v) is 2.78. The third-order valence-electron chi connectivity index (χ3n) is 2.78. The molecule has 2 rings (SSSR count). The molecule has 0 fully saturated rings. The molecule has 0 bridgehead atoms. The van der Waals surface area contributed by atoms with Crippen LogP contribution in [0.1, 0.15) is 23.7 Å². The number of ether oxygens (including phenoxy) is 1. The van der Waals surface area contributed by atoms with Crippen molar-refractivity contribution in [1.82, 2.24) is 5.32 Å². The molecule has 0 radical (unpaired) electrons. The minimum Gasteiger partial charge on any atom is -0.492 e. The van der Waals surface area contributed by atoms with Gasteiger partial charge >= 0.3 is 0 Å². The Labute approximate surface area is 95.8 Å². The summed E-state index contributed by atoms with van der Waals surface area (Å²) >= 11 is 0. The van der Waals surface area contributed by atoms with Crippen molar-refractivity contribution in [3.8, 4) is 5.75 Å². The molecule has 1 atom stereocenters. The van der Waals surface area contributed by atoms with Crippen molar-refractivity contribution >= 4 is 5.78 Å². The lowest BCUT2D eigenvalue weighted by Gasteiger charge is -2.24. The van der Waals surface area contributed by atoms with Gasteiger partial charge in [-0.25, -0.2) is 0 Å². The van der Waals surface area contributed by atoms with Gasteiger partial charge in [-0.1, -0.05) is 19.1 Å². The summed E-state index contributed by atoms with van der Waals surface area (Å²) in [5.74, 6) is 0.881. The molecule has 0 spiro atoms. The smallest absolute Gasteiger partial charge is 0.174 e. The molecule has 0 aromatic heterocycles. The lowest BCUT2D eigenvalue weighted by molar-refractivity contribution is 0.0830. The highest BCUT2D eigenvalue weighted by Gasteiger charge is 2.27. The third kappa shape index (κ3) is 2.25. The molecule has 86 valence electrons. The maximum atomic E-state index is 12.1. The van der Waals surface area contributed by atoms with Crippen molar-refractivity contribution in [3.63, 3.8) is 0 Å². The van der Waals surface area contributed by atoms with Crippen LogP contribution in [-0.2, 0) is 0 Å². The molecule has 1 N–H and O–H groups in total. The zero-order valence-corrected chi connectivity index (χ0v) is 9.53. The highest BCUT2D eigenvalue weighted by Crippen LogP contribution is 2.26. The predicted octanol–water partition coefficient (Wildman–Crippen LogP) is 1.88. The van der Waals surface area contributed by atoms with Crippen LogP contribution in [0.5, 0.6) is 5.75 Å². The van der Waals surface area contributed by atoms with E-state index in [4.69, 9.17) is 4.74 Å². The van der Waals surface area contributed by atoms with E-state index in [1.54, 1.807) is 0 Å². The molecule has 1 aliphatic rings. The average Bonchev–Trinajstić information content (AvgIpc) is 2.33. The van der Waals surface area contributed by atoms with E-state index in [0.29, 0.717) is 13.2 Å². The number of hydrogen-bond acceptors (Lipinski definition) is 3. The molecule has 1 aromatic rings. The first-order valence-electron chi connectivity index (χ1n) is 5.79. The van der Waals surface area contributed by atoms with Gasteiger partial charge in [-0.2, -0.15) is 0 Å². The molecule has 3 nitrogen and oxygen atoms in total. The highest BCUT2D eigenvalue weighted by molar-refractivity contribution is 6.01. The highest BCUT2D eigenvalue weighted by atomic mass is 16.5. The molecule has 0 saturated carbocycles. The fourth-order valence-corrected chi connectivity index (χ4v) is 1.89. The first kappa shape index (κ1) is 11.1. The molecule has 0 saturated heterocycles. The average molecular weight is 219 g/mol. The van der Waals surface area contributed by atoms with Gasteiger partial charge in [0.05, 0.1) is 18.1 Å². The van der Waals surface area contributed by atoms with Crippen LogP contribution < -0.4 is 10.1 Å². The van der Waals surface area contributed by atoms with Crippen molar-refractivity contribution in [2.24, 2.45) is 5.92 Å². The summed E-state index contributed by atoms with van der Waals surface area (Å²) in [7, 11) is 0. The molecule has 0 amide bonds. The van der Waals surface area contributed by atoms with Crippen LogP contribution in [0.3, 0.4) is 0 Å². The van der Waals surface area contributed by atoms with Crippen molar-refractivity contribution in [2.45, 2.75) is 13.3 Å². The number of rotatable bonds is 4. The summed E-state index contributed by atoms with van der Waals surface area (Å²) in [5, 5.41) is 3.27. The zero-order valence-electron chi connectivity index (χ0n) is 9.53. The van der Waals surface area contributed by atoms with Gasteiger partial charge in [0, 0.05) is 6.54 Å².